The highest BCUT2D eigenvalue weighted by Gasteiger charge is 2.64. The average molecular weight is 326 g/mol. The van der Waals surface area contributed by atoms with Crippen molar-refractivity contribution in [2.75, 3.05) is 13.1 Å². The Kier molecular flexibility index (Phi) is 2.78. The number of hydrogen-bond donors (Lipinski definition) is 1. The van der Waals surface area contributed by atoms with Gasteiger partial charge in [-0.1, -0.05) is 6.42 Å². The van der Waals surface area contributed by atoms with E-state index in [-0.39, 0.29) is 24.0 Å². The molecule has 5 fully saturated rings. The summed E-state index contributed by atoms with van der Waals surface area (Å²) in [5, 5.41) is 0. The molecule has 0 spiro atoms. The summed E-state index contributed by atoms with van der Waals surface area (Å²) in [5.74, 6) is 1.50. The van der Waals surface area contributed by atoms with Gasteiger partial charge in [-0.15, -0.1) is 0 Å². The van der Waals surface area contributed by atoms with Gasteiger partial charge in [0.1, 0.15) is 0 Å². The highest BCUT2D eigenvalue weighted by atomic mass is 32.2. The molecule has 122 valence electrons. The van der Waals surface area contributed by atoms with E-state index < -0.39 is 10.2 Å². The van der Waals surface area contributed by atoms with E-state index >= 15 is 0 Å². The summed E-state index contributed by atoms with van der Waals surface area (Å²) in [5.41, 5.74) is 0. The first kappa shape index (κ1) is 13.7. The Bertz CT molecular complexity index is 609. The quantitative estimate of drug-likeness (QED) is 0.819. The van der Waals surface area contributed by atoms with E-state index in [9.17, 15) is 13.2 Å². The zero-order valence-electron chi connectivity index (χ0n) is 12.5. The zero-order chi connectivity index (χ0) is 15.1. The number of nitrogens with zero attached hydrogens (tertiary/aromatic N) is 1. The summed E-state index contributed by atoms with van der Waals surface area (Å²) < 4.78 is 34.6. The summed E-state index contributed by atoms with van der Waals surface area (Å²) in [6.45, 7) is 1.15. The van der Waals surface area contributed by atoms with Crippen LogP contribution in [0.25, 0.3) is 0 Å². The van der Waals surface area contributed by atoms with Gasteiger partial charge in [0, 0.05) is 13.1 Å². The number of fused-ring (bicyclic) bond motifs is 6. The molecule has 5 aliphatic rings. The second-order valence-electron chi connectivity index (χ2n) is 7.78. The van der Waals surface area contributed by atoms with E-state index in [1.54, 1.807) is 0 Å². The van der Waals surface area contributed by atoms with E-state index in [1.165, 1.54) is 10.7 Å². The number of rotatable bonds is 3. The van der Waals surface area contributed by atoms with Crippen molar-refractivity contribution < 1.29 is 17.9 Å². The number of hydrogen-bond acceptors (Lipinski definition) is 4. The van der Waals surface area contributed by atoms with Crippen LogP contribution in [0.5, 0.6) is 0 Å². The summed E-state index contributed by atoms with van der Waals surface area (Å²) in [6.07, 6.45) is 5.45. The van der Waals surface area contributed by atoms with Crippen LogP contribution in [-0.2, 0) is 19.7 Å². The van der Waals surface area contributed by atoms with Gasteiger partial charge in [0.05, 0.1) is 18.1 Å². The lowest BCUT2D eigenvalue weighted by Crippen LogP contribution is -2.46. The van der Waals surface area contributed by atoms with Gasteiger partial charge in [-0.2, -0.15) is 12.7 Å². The molecule has 2 aliphatic carbocycles. The molecular weight excluding hydrogens is 304 g/mol. The normalized spacial score (nSPS) is 49.2. The van der Waals surface area contributed by atoms with Crippen LogP contribution in [0, 0.1) is 29.6 Å². The van der Waals surface area contributed by atoms with Crippen LogP contribution < -0.4 is 4.72 Å². The molecule has 3 saturated heterocycles. The molecule has 1 N–H and O–H groups in total. The van der Waals surface area contributed by atoms with Crippen LogP contribution in [0.4, 0.5) is 0 Å². The minimum absolute atomic E-state index is 0.0387. The maximum atomic E-state index is 12.5. The Hall–Kier alpha value is -0.660. The van der Waals surface area contributed by atoms with Crippen LogP contribution >= 0.6 is 0 Å². The topological polar surface area (TPSA) is 75.7 Å². The molecule has 22 heavy (non-hydrogen) atoms. The summed E-state index contributed by atoms with van der Waals surface area (Å²) in [7, 11) is -3.68. The number of carbonyl (C=O) groups is 1. The second-order valence-corrected chi connectivity index (χ2v) is 9.45. The van der Waals surface area contributed by atoms with Crippen molar-refractivity contribution in [3.63, 3.8) is 0 Å². The highest BCUT2D eigenvalue weighted by molar-refractivity contribution is 7.87. The van der Waals surface area contributed by atoms with Crippen molar-refractivity contribution in [2.24, 2.45) is 29.6 Å². The largest absolute Gasteiger partial charge is 0.374 e. The van der Waals surface area contributed by atoms with Crippen LogP contribution in [0.1, 0.15) is 32.1 Å². The molecule has 1 amide bonds. The van der Waals surface area contributed by atoms with E-state index in [0.717, 1.165) is 19.3 Å². The number of nitrogens with one attached hydrogen (secondary N) is 1. The smallest absolute Gasteiger partial charge is 0.303 e. The van der Waals surface area contributed by atoms with Gasteiger partial charge in [-0.05, 0) is 49.4 Å². The van der Waals surface area contributed by atoms with Gasteiger partial charge in [-0.25, -0.2) is 4.72 Å². The first-order chi connectivity index (χ1) is 10.5. The Morgan fingerprint density at radius 1 is 1.09 bits per heavy atom. The van der Waals surface area contributed by atoms with E-state index in [1.807, 2.05) is 0 Å². The molecule has 0 aromatic heterocycles. The Morgan fingerprint density at radius 2 is 1.82 bits per heavy atom. The van der Waals surface area contributed by atoms with Crippen molar-refractivity contribution in [2.45, 2.75) is 44.3 Å². The van der Waals surface area contributed by atoms with Crippen LogP contribution in [0.2, 0.25) is 0 Å². The molecule has 3 aliphatic heterocycles. The lowest BCUT2D eigenvalue weighted by atomic mass is 9.89. The van der Waals surface area contributed by atoms with Crippen molar-refractivity contribution >= 4 is 16.1 Å². The molecule has 0 unspecified atom stereocenters. The molecule has 7 heteroatoms. The van der Waals surface area contributed by atoms with Gasteiger partial charge in [-0.3, -0.25) is 4.79 Å². The molecule has 5 rings (SSSR count). The summed E-state index contributed by atoms with van der Waals surface area (Å²) in [6, 6.07) is 0. The first-order valence-electron chi connectivity index (χ1n) is 8.50. The number of carbonyl (C=O) groups excluding carboxylic acids is 1. The molecule has 7 atom stereocenters. The second kappa shape index (κ2) is 4.45. The number of amides is 1. The SMILES string of the molecule is O=C(NS(=O)(=O)N1C[C@H]2CCC[C@H]2C1)[C@@H]1C[C@@H]2O[C@H]1[C@H]1C[C@H]12. The van der Waals surface area contributed by atoms with Gasteiger partial charge in [0.15, 0.2) is 0 Å². The minimum atomic E-state index is -3.68. The van der Waals surface area contributed by atoms with Crippen molar-refractivity contribution in [3.05, 3.63) is 0 Å². The van der Waals surface area contributed by atoms with Crippen LogP contribution in [-0.4, -0.2) is 43.9 Å². The third-order valence-corrected chi connectivity index (χ3v) is 8.04. The predicted molar refractivity (Wildman–Crippen MR) is 77.8 cm³/mol. The molecule has 6 nitrogen and oxygen atoms in total. The Balaban J connectivity index is 1.26. The van der Waals surface area contributed by atoms with Crippen LogP contribution in [0.15, 0.2) is 0 Å². The molecular formula is C15H22N2O4S. The summed E-state index contributed by atoms with van der Waals surface area (Å²) >= 11 is 0. The average Bonchev–Trinajstić information content (AvgIpc) is 2.85. The molecule has 0 aromatic rings. The monoisotopic (exact) mass is 326 g/mol. The molecule has 0 radical (unpaired) electrons. The molecule has 2 saturated carbocycles. The van der Waals surface area contributed by atoms with Gasteiger partial charge < -0.3 is 4.74 Å². The molecule has 2 bridgehead atoms. The molecule has 3 heterocycles. The van der Waals surface area contributed by atoms with E-state index in [2.05, 4.69) is 4.72 Å². The third kappa shape index (κ3) is 1.91. The predicted octanol–water partition coefficient (Wildman–Crippen LogP) is 0.503. The van der Waals surface area contributed by atoms with Crippen molar-refractivity contribution in [3.8, 4) is 0 Å². The third-order valence-electron chi connectivity index (χ3n) is 6.60. The van der Waals surface area contributed by atoms with Gasteiger partial charge in [0.25, 0.3) is 0 Å². The molecule has 0 aromatic carbocycles. The zero-order valence-corrected chi connectivity index (χ0v) is 13.3. The van der Waals surface area contributed by atoms with Gasteiger partial charge in [0.2, 0.25) is 5.91 Å². The maximum Gasteiger partial charge on any atom is 0.303 e. The maximum absolute atomic E-state index is 12.5. The van der Waals surface area contributed by atoms with Gasteiger partial charge >= 0.3 is 10.2 Å². The van der Waals surface area contributed by atoms with Crippen LogP contribution in [0.3, 0.4) is 0 Å². The fourth-order valence-corrected chi connectivity index (χ4v) is 6.67. The van der Waals surface area contributed by atoms with E-state index in [0.29, 0.717) is 43.2 Å². The highest BCUT2D eigenvalue weighted by Crippen LogP contribution is 2.60. The number of ether oxygens (including phenoxy) is 1. The Labute approximate surface area is 130 Å². The fraction of sp³-hybridized carbons (Fsp3) is 0.933. The minimum Gasteiger partial charge on any atom is -0.374 e. The Morgan fingerprint density at radius 3 is 2.45 bits per heavy atom. The summed E-state index contributed by atoms with van der Waals surface area (Å²) in [4.78, 5) is 12.4. The first-order valence-corrected chi connectivity index (χ1v) is 9.94. The fourth-order valence-electron chi connectivity index (χ4n) is 5.36. The van der Waals surface area contributed by atoms with E-state index in [4.69, 9.17) is 4.74 Å². The standard InChI is InChI=1S/C15H22N2O4S/c18-15(12-5-13-10-4-11(10)14(12)21-13)16-22(19,20)17-6-8-2-1-3-9(8)7-17/h8-14H,1-7H2,(H,16,18)/t8-,9+,10-,11+,12-,13+,14+/m1/s1. The van der Waals surface area contributed by atoms with Crippen molar-refractivity contribution in [1.82, 2.24) is 9.03 Å². The van der Waals surface area contributed by atoms with Crippen molar-refractivity contribution in [1.29, 1.82) is 0 Å². The lowest BCUT2D eigenvalue weighted by molar-refractivity contribution is -0.125. The lowest BCUT2D eigenvalue weighted by Gasteiger charge is -2.21.